The van der Waals surface area contributed by atoms with E-state index in [0.717, 1.165) is 21.2 Å². The van der Waals surface area contributed by atoms with Crippen molar-refractivity contribution in [2.75, 3.05) is 5.73 Å². The molecule has 0 aliphatic rings. The number of hydrogen-bond donors (Lipinski definition) is 1. The van der Waals surface area contributed by atoms with Crippen LogP contribution < -0.4 is 5.73 Å². The summed E-state index contributed by atoms with van der Waals surface area (Å²) in [4.78, 5) is 4.40. The smallest absolute Gasteiger partial charge is 0.260 e. The van der Waals surface area contributed by atoms with Gasteiger partial charge in [0.25, 0.3) is 5.89 Å². The van der Waals surface area contributed by atoms with Crippen molar-refractivity contribution >= 4 is 33.2 Å². The van der Waals surface area contributed by atoms with Gasteiger partial charge < -0.3 is 10.3 Å². The molecule has 2 aromatic carbocycles. The second-order valence-corrected chi connectivity index (χ2v) is 5.85. The van der Waals surface area contributed by atoms with Gasteiger partial charge in [-0.2, -0.15) is 4.98 Å². The van der Waals surface area contributed by atoms with E-state index in [-0.39, 0.29) is 0 Å². The van der Waals surface area contributed by atoms with E-state index in [1.807, 2.05) is 37.3 Å². The van der Waals surface area contributed by atoms with Crippen LogP contribution in [-0.2, 0) is 0 Å². The van der Waals surface area contributed by atoms with Gasteiger partial charge in [0.15, 0.2) is 0 Å². The van der Waals surface area contributed by atoms with Gasteiger partial charge >= 0.3 is 0 Å². The van der Waals surface area contributed by atoms with E-state index in [2.05, 4.69) is 26.1 Å². The maximum Gasteiger partial charge on any atom is 0.260 e. The number of rotatable bonds is 2. The summed E-state index contributed by atoms with van der Waals surface area (Å²) in [6.45, 7) is 1.94. The van der Waals surface area contributed by atoms with Crippen LogP contribution in [-0.4, -0.2) is 10.1 Å². The molecule has 0 saturated carbocycles. The molecule has 2 N–H and O–H groups in total. The van der Waals surface area contributed by atoms with E-state index >= 15 is 0 Å². The van der Waals surface area contributed by atoms with Gasteiger partial charge in [-0.3, -0.25) is 0 Å². The Kier molecular flexibility index (Phi) is 3.69. The number of aromatic nitrogens is 2. The Bertz CT molecular complexity index is 816. The van der Waals surface area contributed by atoms with Crippen molar-refractivity contribution in [2.45, 2.75) is 6.92 Å². The number of nitrogens with zero attached hydrogens (tertiary/aromatic N) is 2. The van der Waals surface area contributed by atoms with Crippen LogP contribution in [0.15, 0.2) is 45.4 Å². The lowest BCUT2D eigenvalue weighted by Gasteiger charge is -2.03. The first-order valence-electron chi connectivity index (χ1n) is 6.21. The number of nitrogen functional groups attached to an aromatic ring is 1. The first kappa shape index (κ1) is 14.1. The van der Waals surface area contributed by atoms with E-state index in [1.165, 1.54) is 0 Å². The topological polar surface area (TPSA) is 64.9 Å². The summed E-state index contributed by atoms with van der Waals surface area (Å²) in [5, 5.41) is 4.63. The molecule has 0 unspecified atom stereocenters. The maximum absolute atomic E-state index is 6.05. The normalized spacial score (nSPS) is 10.8. The van der Waals surface area contributed by atoms with Gasteiger partial charge in [0.05, 0.1) is 10.6 Å². The highest BCUT2D eigenvalue weighted by molar-refractivity contribution is 9.10. The van der Waals surface area contributed by atoms with Gasteiger partial charge in [-0.05, 0) is 52.7 Å². The third-order valence-electron chi connectivity index (χ3n) is 3.16. The van der Waals surface area contributed by atoms with Gasteiger partial charge in [-0.1, -0.05) is 28.9 Å². The van der Waals surface area contributed by atoms with Crippen molar-refractivity contribution in [1.82, 2.24) is 10.1 Å². The highest BCUT2D eigenvalue weighted by atomic mass is 79.9. The summed E-state index contributed by atoms with van der Waals surface area (Å²) >= 11 is 9.36. The molecule has 0 fully saturated rings. The minimum atomic E-state index is 0.400. The highest BCUT2D eigenvalue weighted by Crippen LogP contribution is 2.31. The van der Waals surface area contributed by atoms with Crippen LogP contribution in [0.3, 0.4) is 0 Å². The lowest BCUT2D eigenvalue weighted by molar-refractivity contribution is 0.432. The minimum Gasteiger partial charge on any atom is -0.398 e. The molecule has 0 aliphatic heterocycles. The van der Waals surface area contributed by atoms with E-state index < -0.39 is 0 Å². The fourth-order valence-corrected chi connectivity index (χ4v) is 2.45. The largest absolute Gasteiger partial charge is 0.398 e. The van der Waals surface area contributed by atoms with Crippen molar-refractivity contribution < 1.29 is 4.52 Å². The standard InChI is InChI=1S/C15H11BrClN3O/c1-8-3-2-4-10(13(8)18)15-19-14(20-21-15)9-5-6-12(17)11(16)7-9/h2-7H,18H2,1H3. The zero-order chi connectivity index (χ0) is 15.0. The molecule has 0 amide bonds. The number of aryl methyl sites for hydroxylation is 1. The summed E-state index contributed by atoms with van der Waals surface area (Å²) in [7, 11) is 0. The zero-order valence-electron chi connectivity index (χ0n) is 11.1. The molecule has 3 aromatic rings. The monoisotopic (exact) mass is 363 g/mol. The third-order valence-corrected chi connectivity index (χ3v) is 4.37. The van der Waals surface area contributed by atoms with Crippen LogP contribution in [0.2, 0.25) is 5.02 Å². The summed E-state index contributed by atoms with van der Waals surface area (Å²) in [6.07, 6.45) is 0. The molecule has 1 aromatic heterocycles. The maximum atomic E-state index is 6.05. The molecule has 0 aliphatic carbocycles. The van der Waals surface area contributed by atoms with Crippen LogP contribution >= 0.6 is 27.5 Å². The molecule has 4 nitrogen and oxygen atoms in total. The van der Waals surface area contributed by atoms with Gasteiger partial charge in [-0.25, -0.2) is 0 Å². The van der Waals surface area contributed by atoms with Crippen molar-refractivity contribution in [3.05, 3.63) is 51.5 Å². The highest BCUT2D eigenvalue weighted by Gasteiger charge is 2.14. The average Bonchev–Trinajstić information content (AvgIpc) is 2.94. The molecule has 106 valence electrons. The van der Waals surface area contributed by atoms with Crippen LogP contribution in [0.5, 0.6) is 0 Å². The molecule has 0 radical (unpaired) electrons. The van der Waals surface area contributed by atoms with E-state index in [0.29, 0.717) is 22.4 Å². The number of benzene rings is 2. The molecule has 0 atom stereocenters. The predicted octanol–water partition coefficient (Wildman–Crippen LogP) is 4.71. The molecule has 3 rings (SSSR count). The number of anilines is 1. The van der Waals surface area contributed by atoms with E-state index in [9.17, 15) is 0 Å². The molecule has 0 saturated heterocycles. The molecule has 1 heterocycles. The summed E-state index contributed by atoms with van der Waals surface area (Å²) in [6, 6.07) is 11.2. The van der Waals surface area contributed by atoms with Crippen molar-refractivity contribution in [3.8, 4) is 22.8 Å². The Morgan fingerprint density at radius 1 is 1.24 bits per heavy atom. The van der Waals surface area contributed by atoms with Crippen molar-refractivity contribution in [3.63, 3.8) is 0 Å². The molecule has 6 heteroatoms. The number of nitrogens with two attached hydrogens (primary N) is 1. The van der Waals surface area contributed by atoms with E-state index in [1.54, 1.807) is 6.07 Å². The van der Waals surface area contributed by atoms with Crippen LogP contribution in [0.1, 0.15) is 5.56 Å². The fraction of sp³-hybridized carbons (Fsp3) is 0.0667. The van der Waals surface area contributed by atoms with Crippen LogP contribution in [0, 0.1) is 6.92 Å². The molecular weight excluding hydrogens is 354 g/mol. The molecular formula is C15H11BrClN3O. The fourth-order valence-electron chi connectivity index (χ4n) is 1.95. The Morgan fingerprint density at radius 3 is 2.81 bits per heavy atom. The lowest BCUT2D eigenvalue weighted by Crippen LogP contribution is -1.93. The Labute approximate surface area is 135 Å². The Balaban J connectivity index is 2.03. The second kappa shape index (κ2) is 5.50. The minimum absolute atomic E-state index is 0.400. The van der Waals surface area contributed by atoms with Gasteiger partial charge in [0.1, 0.15) is 0 Å². The first-order chi connectivity index (χ1) is 10.1. The Morgan fingerprint density at radius 2 is 2.05 bits per heavy atom. The number of para-hydroxylation sites is 1. The second-order valence-electron chi connectivity index (χ2n) is 4.59. The number of halogens is 2. The van der Waals surface area contributed by atoms with Gasteiger partial charge in [0, 0.05) is 15.7 Å². The molecule has 0 spiro atoms. The summed E-state index contributed by atoms with van der Waals surface area (Å²) in [5.74, 6) is 0.889. The predicted molar refractivity (Wildman–Crippen MR) is 87.0 cm³/mol. The van der Waals surface area contributed by atoms with Crippen LogP contribution in [0.25, 0.3) is 22.8 Å². The third kappa shape index (κ3) is 2.66. The number of hydrogen-bond acceptors (Lipinski definition) is 4. The van der Waals surface area contributed by atoms with Crippen molar-refractivity contribution in [2.24, 2.45) is 0 Å². The van der Waals surface area contributed by atoms with Gasteiger partial charge in [-0.15, -0.1) is 0 Å². The lowest BCUT2D eigenvalue weighted by atomic mass is 10.1. The average molecular weight is 365 g/mol. The first-order valence-corrected chi connectivity index (χ1v) is 7.38. The Hall–Kier alpha value is -1.85. The van der Waals surface area contributed by atoms with Crippen LogP contribution in [0.4, 0.5) is 5.69 Å². The zero-order valence-corrected chi connectivity index (χ0v) is 13.4. The quantitative estimate of drug-likeness (QED) is 0.669. The summed E-state index contributed by atoms with van der Waals surface area (Å²) in [5.41, 5.74) is 9.22. The summed E-state index contributed by atoms with van der Waals surface area (Å²) < 4.78 is 6.10. The molecule has 0 bridgehead atoms. The van der Waals surface area contributed by atoms with E-state index in [4.69, 9.17) is 21.9 Å². The van der Waals surface area contributed by atoms with Crippen molar-refractivity contribution in [1.29, 1.82) is 0 Å². The molecule has 21 heavy (non-hydrogen) atoms. The SMILES string of the molecule is Cc1cccc(-c2nc(-c3ccc(Cl)c(Br)c3)no2)c1N. The van der Waals surface area contributed by atoms with Gasteiger partial charge in [0.2, 0.25) is 5.82 Å².